The SMILES string of the molecule is COc1ccc(S(=O)(=O)N2CCOCC2)cc1CCC(=O)NC(c1ccccc1)c1cccc(C)c1. The Hall–Kier alpha value is -3.20. The average Bonchev–Trinajstić information content (AvgIpc) is 2.91. The number of nitrogens with zero attached hydrogens (tertiary/aromatic N) is 1. The van der Waals surface area contributed by atoms with E-state index >= 15 is 0 Å². The summed E-state index contributed by atoms with van der Waals surface area (Å²) in [5.41, 5.74) is 3.79. The van der Waals surface area contributed by atoms with E-state index in [1.165, 1.54) is 11.4 Å². The van der Waals surface area contributed by atoms with Gasteiger partial charge in [-0.2, -0.15) is 4.31 Å². The summed E-state index contributed by atoms with van der Waals surface area (Å²) in [4.78, 5) is 13.3. The van der Waals surface area contributed by atoms with Crippen molar-refractivity contribution in [3.05, 3.63) is 95.1 Å². The Bertz CT molecular complexity index is 1290. The first-order valence-corrected chi connectivity index (χ1v) is 13.5. The number of aryl methyl sites for hydroxylation is 2. The summed E-state index contributed by atoms with van der Waals surface area (Å²) in [5.74, 6) is 0.427. The molecule has 0 aromatic heterocycles. The minimum absolute atomic E-state index is 0.131. The number of carbonyl (C=O) groups is 1. The highest BCUT2D eigenvalue weighted by Crippen LogP contribution is 2.27. The summed E-state index contributed by atoms with van der Waals surface area (Å²) < 4.78 is 38.4. The van der Waals surface area contributed by atoms with E-state index in [1.807, 2.05) is 55.5 Å². The van der Waals surface area contributed by atoms with Gasteiger partial charge in [0.05, 0.1) is 31.3 Å². The van der Waals surface area contributed by atoms with Gasteiger partial charge < -0.3 is 14.8 Å². The molecular formula is C28H32N2O5S. The third-order valence-corrected chi connectivity index (χ3v) is 8.19. The molecule has 1 fully saturated rings. The highest BCUT2D eigenvalue weighted by Gasteiger charge is 2.27. The van der Waals surface area contributed by atoms with Gasteiger partial charge in [0.1, 0.15) is 5.75 Å². The van der Waals surface area contributed by atoms with Gasteiger partial charge in [0.2, 0.25) is 15.9 Å². The molecule has 1 amide bonds. The third-order valence-electron chi connectivity index (χ3n) is 6.29. The first-order valence-electron chi connectivity index (χ1n) is 12.0. The Morgan fingerprint density at radius 3 is 2.42 bits per heavy atom. The molecule has 1 aliphatic heterocycles. The Kier molecular flexibility index (Phi) is 8.40. The lowest BCUT2D eigenvalue weighted by Crippen LogP contribution is -2.40. The van der Waals surface area contributed by atoms with Crippen molar-refractivity contribution in [1.29, 1.82) is 0 Å². The summed E-state index contributed by atoms with van der Waals surface area (Å²) >= 11 is 0. The largest absolute Gasteiger partial charge is 0.496 e. The molecule has 0 saturated carbocycles. The highest BCUT2D eigenvalue weighted by molar-refractivity contribution is 7.89. The molecule has 1 N–H and O–H groups in total. The van der Waals surface area contributed by atoms with Gasteiger partial charge in [0.15, 0.2) is 0 Å². The number of morpholine rings is 1. The smallest absolute Gasteiger partial charge is 0.243 e. The summed E-state index contributed by atoms with van der Waals surface area (Å²) in [6.07, 6.45) is 0.531. The second-order valence-corrected chi connectivity index (χ2v) is 10.8. The number of nitrogens with one attached hydrogen (secondary N) is 1. The molecule has 1 saturated heterocycles. The van der Waals surface area contributed by atoms with Crippen LogP contribution in [0.25, 0.3) is 0 Å². The number of ether oxygens (including phenoxy) is 2. The molecular weight excluding hydrogens is 476 g/mol. The minimum Gasteiger partial charge on any atom is -0.496 e. The molecule has 3 aromatic rings. The fourth-order valence-electron chi connectivity index (χ4n) is 4.38. The van der Waals surface area contributed by atoms with Crippen LogP contribution in [-0.4, -0.2) is 52.0 Å². The predicted molar refractivity (Wildman–Crippen MR) is 138 cm³/mol. The van der Waals surface area contributed by atoms with Gasteiger partial charge in [-0.3, -0.25) is 4.79 Å². The summed E-state index contributed by atoms with van der Waals surface area (Å²) in [6, 6.07) is 22.5. The van der Waals surface area contributed by atoms with Crippen LogP contribution in [0.1, 0.15) is 34.7 Å². The first kappa shape index (κ1) is 25.9. The van der Waals surface area contributed by atoms with Gasteiger partial charge in [0.25, 0.3) is 0 Å². The number of carbonyl (C=O) groups excluding carboxylic acids is 1. The van der Waals surface area contributed by atoms with Crippen molar-refractivity contribution in [1.82, 2.24) is 9.62 Å². The molecule has 8 heteroatoms. The number of hydrogen-bond acceptors (Lipinski definition) is 5. The van der Waals surface area contributed by atoms with Gasteiger partial charge in [-0.1, -0.05) is 60.2 Å². The Balaban J connectivity index is 1.51. The quantitative estimate of drug-likeness (QED) is 0.475. The van der Waals surface area contributed by atoms with E-state index in [2.05, 4.69) is 11.4 Å². The van der Waals surface area contributed by atoms with Gasteiger partial charge in [-0.15, -0.1) is 0 Å². The van der Waals surface area contributed by atoms with E-state index < -0.39 is 10.0 Å². The van der Waals surface area contributed by atoms with Crippen LogP contribution in [0.4, 0.5) is 0 Å². The molecule has 0 spiro atoms. The lowest BCUT2D eigenvalue weighted by Gasteiger charge is -2.26. The highest BCUT2D eigenvalue weighted by atomic mass is 32.2. The fraction of sp³-hybridized carbons (Fsp3) is 0.321. The number of amides is 1. The number of methoxy groups -OCH3 is 1. The molecule has 0 bridgehead atoms. The second-order valence-electron chi connectivity index (χ2n) is 8.82. The van der Waals surface area contributed by atoms with E-state index in [4.69, 9.17) is 9.47 Å². The zero-order valence-electron chi connectivity index (χ0n) is 20.6. The molecule has 36 heavy (non-hydrogen) atoms. The maximum absolute atomic E-state index is 13.1. The van der Waals surface area contributed by atoms with Crippen LogP contribution in [0.15, 0.2) is 77.7 Å². The van der Waals surface area contributed by atoms with Crippen molar-refractivity contribution < 1.29 is 22.7 Å². The Morgan fingerprint density at radius 1 is 1.00 bits per heavy atom. The van der Waals surface area contributed by atoms with Crippen molar-refractivity contribution in [3.63, 3.8) is 0 Å². The van der Waals surface area contributed by atoms with E-state index in [-0.39, 0.29) is 23.3 Å². The van der Waals surface area contributed by atoms with Crippen LogP contribution in [0, 0.1) is 6.92 Å². The lowest BCUT2D eigenvalue weighted by atomic mass is 9.97. The monoisotopic (exact) mass is 508 g/mol. The van der Waals surface area contributed by atoms with Crippen LogP contribution in [0.2, 0.25) is 0 Å². The average molecular weight is 509 g/mol. The zero-order chi connectivity index (χ0) is 25.5. The predicted octanol–water partition coefficient (Wildman–Crippen LogP) is 3.86. The summed E-state index contributed by atoms with van der Waals surface area (Å²) in [5, 5.41) is 3.16. The van der Waals surface area contributed by atoms with Crippen LogP contribution in [-0.2, 0) is 26.0 Å². The van der Waals surface area contributed by atoms with Crippen LogP contribution >= 0.6 is 0 Å². The van der Waals surface area contributed by atoms with Crippen molar-refractivity contribution in [2.45, 2.75) is 30.7 Å². The number of sulfonamides is 1. The molecule has 190 valence electrons. The maximum Gasteiger partial charge on any atom is 0.243 e. The summed E-state index contributed by atoms with van der Waals surface area (Å²) in [7, 11) is -2.11. The topological polar surface area (TPSA) is 84.9 Å². The van der Waals surface area contributed by atoms with Crippen molar-refractivity contribution in [3.8, 4) is 5.75 Å². The molecule has 7 nitrogen and oxygen atoms in total. The molecule has 1 heterocycles. The fourth-order valence-corrected chi connectivity index (χ4v) is 5.84. The number of hydrogen-bond donors (Lipinski definition) is 1. The van der Waals surface area contributed by atoms with Crippen LogP contribution in [0.3, 0.4) is 0 Å². The zero-order valence-corrected chi connectivity index (χ0v) is 21.5. The lowest BCUT2D eigenvalue weighted by molar-refractivity contribution is -0.121. The molecule has 1 unspecified atom stereocenters. The molecule has 1 aliphatic rings. The number of rotatable bonds is 9. The van der Waals surface area contributed by atoms with Gasteiger partial charge in [-0.05, 0) is 48.2 Å². The number of benzene rings is 3. The van der Waals surface area contributed by atoms with Crippen molar-refractivity contribution >= 4 is 15.9 Å². The minimum atomic E-state index is -3.65. The van der Waals surface area contributed by atoms with Gasteiger partial charge >= 0.3 is 0 Å². The summed E-state index contributed by atoms with van der Waals surface area (Å²) in [6.45, 7) is 3.44. The van der Waals surface area contributed by atoms with E-state index in [0.717, 1.165) is 16.7 Å². The molecule has 4 rings (SSSR count). The van der Waals surface area contributed by atoms with E-state index in [1.54, 1.807) is 18.2 Å². The normalized spacial score (nSPS) is 15.3. The van der Waals surface area contributed by atoms with Crippen molar-refractivity contribution in [2.24, 2.45) is 0 Å². The van der Waals surface area contributed by atoms with E-state index in [9.17, 15) is 13.2 Å². The first-order chi connectivity index (χ1) is 17.4. The molecule has 0 aliphatic carbocycles. The molecule has 0 radical (unpaired) electrons. The van der Waals surface area contributed by atoms with Crippen LogP contribution < -0.4 is 10.1 Å². The molecule has 3 aromatic carbocycles. The third kappa shape index (κ3) is 6.13. The van der Waals surface area contributed by atoms with Crippen LogP contribution in [0.5, 0.6) is 5.75 Å². The Labute approximate surface area is 213 Å². The Morgan fingerprint density at radius 2 is 1.72 bits per heavy atom. The van der Waals surface area contributed by atoms with E-state index in [0.29, 0.717) is 44.0 Å². The standard InChI is InChI=1S/C28H32N2O5S/c1-21-7-6-10-24(19-21)28(22-8-4-3-5-9-22)29-27(31)14-11-23-20-25(12-13-26(23)34-2)36(32,33)30-15-17-35-18-16-30/h3-10,12-13,19-20,28H,11,14-18H2,1-2H3,(H,29,31). The molecule has 1 atom stereocenters. The van der Waals surface area contributed by atoms with Crippen molar-refractivity contribution in [2.75, 3.05) is 33.4 Å². The maximum atomic E-state index is 13.1. The second kappa shape index (κ2) is 11.7. The van der Waals surface area contributed by atoms with Gasteiger partial charge in [0, 0.05) is 19.5 Å². The van der Waals surface area contributed by atoms with Gasteiger partial charge in [-0.25, -0.2) is 8.42 Å².